The average Bonchev–Trinajstić information content (AvgIpc) is 3.20. The number of amides is 2. The fourth-order valence-electron chi connectivity index (χ4n) is 5.45. The maximum atomic E-state index is 13.2. The number of carbonyl (C=O) groups is 2. The molecule has 2 saturated heterocycles. The van der Waals surface area contributed by atoms with E-state index in [-0.39, 0.29) is 30.3 Å². The summed E-state index contributed by atoms with van der Waals surface area (Å²) >= 11 is 0. The molecule has 2 aliphatic heterocycles. The van der Waals surface area contributed by atoms with Crippen molar-refractivity contribution in [3.63, 3.8) is 0 Å². The molecule has 9 heteroatoms. The van der Waals surface area contributed by atoms with Crippen molar-refractivity contribution in [2.45, 2.75) is 70.2 Å². The number of benzene rings is 1. The monoisotopic (exact) mass is 440 g/mol. The Morgan fingerprint density at radius 2 is 1.97 bits per heavy atom. The van der Waals surface area contributed by atoms with Crippen molar-refractivity contribution in [3.8, 4) is 5.75 Å². The Morgan fingerprint density at radius 3 is 2.58 bits per heavy atom. The number of phenols is 1. The second-order valence-electron chi connectivity index (χ2n) is 9.54. The van der Waals surface area contributed by atoms with Crippen molar-refractivity contribution < 1.29 is 32.6 Å². The number of fused-ring (bicyclic) bond motifs is 4. The number of likely N-dealkylation sites (tertiary alicyclic amines) is 1. The summed E-state index contributed by atoms with van der Waals surface area (Å²) in [6.07, 6.45) is -3.52. The average molecular weight is 440 g/mol. The summed E-state index contributed by atoms with van der Waals surface area (Å²) in [5.74, 6) is -2.29. The van der Waals surface area contributed by atoms with Gasteiger partial charge in [0.15, 0.2) is 0 Å². The third-order valence-electron chi connectivity index (χ3n) is 7.70. The molecule has 2 fully saturated rings. The third kappa shape index (κ3) is 3.37. The lowest BCUT2D eigenvalue weighted by atomic mass is 9.51. The van der Waals surface area contributed by atoms with E-state index in [2.05, 4.69) is 5.32 Å². The van der Waals surface area contributed by atoms with Crippen LogP contribution in [0.15, 0.2) is 12.1 Å². The van der Waals surface area contributed by atoms with E-state index in [0.29, 0.717) is 25.0 Å². The lowest BCUT2D eigenvalue weighted by molar-refractivity contribution is -0.195. The molecule has 1 unspecified atom stereocenters. The molecule has 1 aromatic carbocycles. The zero-order valence-electron chi connectivity index (χ0n) is 17.8. The number of nitrogens with one attached hydrogen (secondary N) is 1. The fraction of sp³-hybridized carbons (Fsp3) is 0.636. The van der Waals surface area contributed by atoms with Gasteiger partial charge in [-0.25, -0.2) is 0 Å². The lowest BCUT2D eigenvalue weighted by Gasteiger charge is -2.60. The predicted molar refractivity (Wildman–Crippen MR) is 107 cm³/mol. The van der Waals surface area contributed by atoms with Crippen molar-refractivity contribution in [2.75, 3.05) is 18.5 Å². The molecular formula is C22H27F3N2O4. The number of phenolic OH excluding ortho intramolecular Hbond substituents is 1. The van der Waals surface area contributed by atoms with E-state index in [9.17, 15) is 27.9 Å². The molecule has 0 radical (unpaired) electrons. The number of piperidine rings is 1. The maximum absolute atomic E-state index is 13.2. The van der Waals surface area contributed by atoms with Gasteiger partial charge in [-0.05, 0) is 54.4 Å². The fourth-order valence-corrected chi connectivity index (χ4v) is 5.45. The van der Waals surface area contributed by atoms with Crippen LogP contribution in [0, 0.1) is 5.41 Å². The molecule has 2 bridgehead atoms. The molecule has 4 rings (SSSR count). The molecule has 0 aromatic heterocycles. The number of carbonyl (C=O) groups excluding carboxylic acids is 2. The molecule has 170 valence electrons. The van der Waals surface area contributed by atoms with Crippen LogP contribution < -0.4 is 5.32 Å². The van der Waals surface area contributed by atoms with Crippen molar-refractivity contribution in [3.05, 3.63) is 23.3 Å². The summed E-state index contributed by atoms with van der Waals surface area (Å²) < 4.78 is 45.0. The van der Waals surface area contributed by atoms with Gasteiger partial charge < -0.3 is 20.1 Å². The van der Waals surface area contributed by atoms with Gasteiger partial charge >= 0.3 is 12.1 Å². The zero-order chi connectivity index (χ0) is 22.8. The summed E-state index contributed by atoms with van der Waals surface area (Å²) in [6, 6.07) is 2.58. The predicted octanol–water partition coefficient (Wildman–Crippen LogP) is 3.51. The highest BCUT2D eigenvalue weighted by atomic mass is 19.4. The quantitative estimate of drug-likeness (QED) is 0.690. The Bertz CT molecular complexity index is 924. The first kappa shape index (κ1) is 21.9. The van der Waals surface area contributed by atoms with Gasteiger partial charge in [-0.2, -0.15) is 13.2 Å². The van der Waals surface area contributed by atoms with E-state index in [1.54, 1.807) is 6.07 Å². The molecular weight excluding hydrogens is 413 g/mol. The number of anilines is 1. The van der Waals surface area contributed by atoms with Crippen molar-refractivity contribution in [1.29, 1.82) is 0 Å². The highest BCUT2D eigenvalue weighted by Gasteiger charge is 2.59. The second-order valence-corrected chi connectivity index (χ2v) is 9.54. The van der Waals surface area contributed by atoms with Gasteiger partial charge in [0.05, 0.1) is 5.69 Å². The van der Waals surface area contributed by atoms with E-state index in [1.807, 2.05) is 20.8 Å². The van der Waals surface area contributed by atoms with E-state index < -0.39 is 35.1 Å². The number of hydrogen-bond donors (Lipinski definition) is 2. The standard InChI is InChI=1S/C22H27F3N2O4/c1-20(2)17-10-12-9-15(28)14(26-18(29)16-5-4-8-31-16)11-13(12)21(20,3)6-7-27(17)19(30)22(23,24)25/h9,11,16-17,28H,4-8,10H2,1-3H3,(H,26,29)/t16?,17-,21-/m0/s1. The maximum Gasteiger partial charge on any atom is 0.471 e. The highest BCUT2D eigenvalue weighted by molar-refractivity contribution is 5.95. The summed E-state index contributed by atoms with van der Waals surface area (Å²) in [5.41, 5.74) is 0.660. The van der Waals surface area contributed by atoms with E-state index >= 15 is 0 Å². The van der Waals surface area contributed by atoms with Crippen LogP contribution >= 0.6 is 0 Å². The lowest BCUT2D eigenvalue weighted by Crippen LogP contribution is -2.66. The molecule has 6 nitrogen and oxygen atoms in total. The number of halogens is 3. The van der Waals surface area contributed by atoms with E-state index in [4.69, 9.17) is 4.74 Å². The summed E-state index contributed by atoms with van der Waals surface area (Å²) in [7, 11) is 0. The molecule has 0 saturated carbocycles. The van der Waals surface area contributed by atoms with Crippen molar-refractivity contribution in [2.24, 2.45) is 5.41 Å². The van der Waals surface area contributed by atoms with Gasteiger partial charge in [-0.3, -0.25) is 9.59 Å². The first-order chi connectivity index (χ1) is 14.4. The number of hydrogen-bond acceptors (Lipinski definition) is 4. The van der Waals surface area contributed by atoms with E-state index in [1.165, 1.54) is 6.07 Å². The Balaban J connectivity index is 1.70. The number of ether oxygens (including phenoxy) is 1. The number of alkyl halides is 3. The minimum absolute atomic E-state index is 0.000856. The molecule has 3 aliphatic rings. The summed E-state index contributed by atoms with van der Waals surface area (Å²) in [6.45, 7) is 6.27. The van der Waals surface area contributed by atoms with Crippen LogP contribution in [0.4, 0.5) is 18.9 Å². The molecule has 3 atom stereocenters. The van der Waals surface area contributed by atoms with E-state index in [0.717, 1.165) is 16.9 Å². The van der Waals surface area contributed by atoms with Gasteiger partial charge in [0, 0.05) is 24.6 Å². The number of aromatic hydroxyl groups is 1. The van der Waals surface area contributed by atoms with Crippen LogP contribution in [0.25, 0.3) is 0 Å². The number of nitrogens with zero attached hydrogens (tertiary/aromatic N) is 1. The van der Waals surface area contributed by atoms with Gasteiger partial charge in [-0.15, -0.1) is 0 Å². The minimum Gasteiger partial charge on any atom is -0.506 e. The smallest absolute Gasteiger partial charge is 0.471 e. The number of rotatable bonds is 2. The topological polar surface area (TPSA) is 78.9 Å². The Morgan fingerprint density at radius 1 is 1.26 bits per heavy atom. The molecule has 0 spiro atoms. The van der Waals surface area contributed by atoms with Gasteiger partial charge in [0.1, 0.15) is 11.9 Å². The summed E-state index contributed by atoms with van der Waals surface area (Å²) in [5, 5.41) is 13.3. The van der Waals surface area contributed by atoms with Crippen LogP contribution in [-0.4, -0.2) is 53.3 Å². The Hall–Kier alpha value is -2.29. The SMILES string of the molecule is CC1(C)[C@@H]2Cc3cc(O)c(NC(=O)C4CCCO4)cc3[C@]1(C)CCN2C(=O)C(F)(F)F. The normalized spacial score (nSPS) is 29.4. The van der Waals surface area contributed by atoms with Gasteiger partial charge in [0.25, 0.3) is 5.91 Å². The Kier molecular flexibility index (Phi) is 5.03. The molecule has 2 N–H and O–H groups in total. The molecule has 2 heterocycles. The first-order valence-electron chi connectivity index (χ1n) is 10.5. The molecule has 2 amide bonds. The molecule has 1 aliphatic carbocycles. The van der Waals surface area contributed by atoms with Crippen molar-refractivity contribution in [1.82, 2.24) is 4.90 Å². The van der Waals surface area contributed by atoms with Crippen LogP contribution in [0.5, 0.6) is 5.75 Å². The first-order valence-corrected chi connectivity index (χ1v) is 10.5. The van der Waals surface area contributed by atoms with Crippen molar-refractivity contribution >= 4 is 17.5 Å². The van der Waals surface area contributed by atoms with Crippen LogP contribution in [-0.2, 0) is 26.2 Å². The largest absolute Gasteiger partial charge is 0.506 e. The summed E-state index contributed by atoms with van der Waals surface area (Å²) in [4.78, 5) is 25.5. The van der Waals surface area contributed by atoms with Crippen LogP contribution in [0.3, 0.4) is 0 Å². The Labute approximate surface area is 178 Å². The highest BCUT2D eigenvalue weighted by Crippen LogP contribution is 2.57. The second kappa shape index (κ2) is 7.12. The molecule has 1 aromatic rings. The van der Waals surface area contributed by atoms with Crippen LogP contribution in [0.2, 0.25) is 0 Å². The van der Waals surface area contributed by atoms with Gasteiger partial charge in [-0.1, -0.05) is 20.8 Å². The third-order valence-corrected chi connectivity index (χ3v) is 7.70. The van der Waals surface area contributed by atoms with Gasteiger partial charge in [0.2, 0.25) is 0 Å². The van der Waals surface area contributed by atoms with Crippen LogP contribution in [0.1, 0.15) is 51.2 Å². The zero-order valence-corrected chi connectivity index (χ0v) is 17.8. The molecule has 31 heavy (non-hydrogen) atoms. The minimum atomic E-state index is -4.93.